The van der Waals surface area contributed by atoms with E-state index in [9.17, 15) is 9.59 Å². The molecule has 5 nitrogen and oxygen atoms in total. The van der Waals surface area contributed by atoms with Gasteiger partial charge in [0.2, 0.25) is 11.8 Å². The number of terminal acetylenes is 1. The third kappa shape index (κ3) is 5.75. The van der Waals surface area contributed by atoms with Crippen LogP contribution in [-0.2, 0) is 9.59 Å². The van der Waals surface area contributed by atoms with E-state index in [-0.39, 0.29) is 24.4 Å². The fraction of sp³-hybridized carbons (Fsp3) is 0.714. The van der Waals surface area contributed by atoms with Crippen molar-refractivity contribution in [2.75, 3.05) is 26.2 Å². The number of piperidine rings is 1. The molecule has 1 heterocycles. The molecule has 1 fully saturated rings. The van der Waals surface area contributed by atoms with Gasteiger partial charge in [0.15, 0.2) is 0 Å². The van der Waals surface area contributed by atoms with Crippen LogP contribution in [0.1, 0.15) is 32.6 Å². The summed E-state index contributed by atoms with van der Waals surface area (Å²) in [6, 6.07) is -0.331. The number of hydrogen-bond acceptors (Lipinski definition) is 3. The number of rotatable bonds is 6. The SMILES string of the molecule is C#CCNC(=O)C(C)NCCC(=O)N1CCCCC1. The van der Waals surface area contributed by atoms with Crippen LogP contribution in [0.3, 0.4) is 0 Å². The Morgan fingerprint density at radius 3 is 2.63 bits per heavy atom. The molecule has 1 atom stereocenters. The zero-order chi connectivity index (χ0) is 14.1. The van der Waals surface area contributed by atoms with Crippen LogP contribution < -0.4 is 10.6 Å². The first-order chi connectivity index (χ1) is 9.15. The summed E-state index contributed by atoms with van der Waals surface area (Å²) in [7, 11) is 0. The first-order valence-corrected chi connectivity index (χ1v) is 6.87. The number of nitrogens with zero attached hydrogens (tertiary/aromatic N) is 1. The number of amides is 2. The molecule has 0 spiro atoms. The molecule has 19 heavy (non-hydrogen) atoms. The largest absolute Gasteiger partial charge is 0.344 e. The molecule has 0 aliphatic carbocycles. The number of hydrogen-bond donors (Lipinski definition) is 2. The van der Waals surface area contributed by atoms with Crippen LogP contribution in [0.5, 0.6) is 0 Å². The summed E-state index contributed by atoms with van der Waals surface area (Å²) in [4.78, 5) is 25.3. The quantitative estimate of drug-likeness (QED) is 0.670. The van der Waals surface area contributed by atoms with Gasteiger partial charge in [0.1, 0.15) is 0 Å². The first kappa shape index (κ1) is 15.5. The maximum absolute atomic E-state index is 11.9. The summed E-state index contributed by atoms with van der Waals surface area (Å²) < 4.78 is 0. The second kappa shape index (κ2) is 8.54. The lowest BCUT2D eigenvalue weighted by Gasteiger charge is -2.27. The molecule has 0 saturated carbocycles. The Bertz CT molecular complexity index is 343. The molecule has 0 bridgehead atoms. The van der Waals surface area contributed by atoms with Crippen LogP contribution in [0.4, 0.5) is 0 Å². The highest BCUT2D eigenvalue weighted by molar-refractivity contribution is 5.81. The number of nitrogens with one attached hydrogen (secondary N) is 2. The van der Waals surface area contributed by atoms with E-state index in [0.717, 1.165) is 25.9 Å². The van der Waals surface area contributed by atoms with E-state index in [2.05, 4.69) is 16.6 Å². The van der Waals surface area contributed by atoms with Crippen LogP contribution in [-0.4, -0.2) is 48.9 Å². The van der Waals surface area contributed by atoms with Crippen LogP contribution in [0, 0.1) is 12.3 Å². The van der Waals surface area contributed by atoms with Crippen LogP contribution in [0.25, 0.3) is 0 Å². The summed E-state index contributed by atoms with van der Waals surface area (Å²) in [5.41, 5.74) is 0. The van der Waals surface area contributed by atoms with Gasteiger partial charge in [-0.25, -0.2) is 0 Å². The predicted molar refractivity (Wildman–Crippen MR) is 74.4 cm³/mol. The molecule has 2 amide bonds. The van der Waals surface area contributed by atoms with Crippen LogP contribution >= 0.6 is 0 Å². The van der Waals surface area contributed by atoms with Gasteiger partial charge in [-0.15, -0.1) is 6.42 Å². The Morgan fingerprint density at radius 2 is 2.00 bits per heavy atom. The van der Waals surface area contributed by atoms with E-state index in [0.29, 0.717) is 13.0 Å². The van der Waals surface area contributed by atoms with Crippen molar-refractivity contribution in [3.05, 3.63) is 0 Å². The highest BCUT2D eigenvalue weighted by Crippen LogP contribution is 2.09. The third-order valence-electron chi connectivity index (χ3n) is 3.26. The highest BCUT2D eigenvalue weighted by Gasteiger charge is 2.17. The summed E-state index contributed by atoms with van der Waals surface area (Å²) in [5, 5.41) is 5.63. The highest BCUT2D eigenvalue weighted by atomic mass is 16.2. The lowest BCUT2D eigenvalue weighted by Crippen LogP contribution is -2.44. The molecule has 2 N–H and O–H groups in total. The van der Waals surface area contributed by atoms with Gasteiger partial charge < -0.3 is 15.5 Å². The second-order valence-corrected chi connectivity index (χ2v) is 4.79. The van der Waals surface area contributed by atoms with Gasteiger partial charge in [0.25, 0.3) is 0 Å². The fourth-order valence-electron chi connectivity index (χ4n) is 2.08. The zero-order valence-corrected chi connectivity index (χ0v) is 11.6. The fourth-order valence-corrected chi connectivity index (χ4v) is 2.08. The Balaban J connectivity index is 2.16. The second-order valence-electron chi connectivity index (χ2n) is 4.79. The topological polar surface area (TPSA) is 61.4 Å². The lowest BCUT2D eigenvalue weighted by molar-refractivity contribution is -0.132. The van der Waals surface area contributed by atoms with Crippen molar-refractivity contribution in [1.82, 2.24) is 15.5 Å². The van der Waals surface area contributed by atoms with Crippen molar-refractivity contribution in [3.8, 4) is 12.3 Å². The molecule has 1 aliphatic rings. The smallest absolute Gasteiger partial charge is 0.237 e. The van der Waals surface area contributed by atoms with Crippen LogP contribution in [0.15, 0.2) is 0 Å². The Labute approximate surface area is 115 Å². The summed E-state index contributed by atoms with van der Waals surface area (Å²) >= 11 is 0. The zero-order valence-electron chi connectivity index (χ0n) is 11.6. The maximum Gasteiger partial charge on any atom is 0.237 e. The summed E-state index contributed by atoms with van der Waals surface area (Å²) in [6.07, 6.45) is 8.92. The molecule has 1 saturated heterocycles. The molecule has 5 heteroatoms. The number of carbonyl (C=O) groups excluding carboxylic acids is 2. The summed E-state index contributed by atoms with van der Waals surface area (Å²) in [5.74, 6) is 2.38. The number of likely N-dealkylation sites (tertiary alicyclic amines) is 1. The van der Waals surface area contributed by atoms with E-state index in [4.69, 9.17) is 6.42 Å². The van der Waals surface area contributed by atoms with E-state index in [1.807, 2.05) is 4.90 Å². The molecule has 0 radical (unpaired) electrons. The molecule has 1 unspecified atom stereocenters. The summed E-state index contributed by atoms with van der Waals surface area (Å²) in [6.45, 7) is 4.25. The predicted octanol–water partition coefficient (Wildman–Crippen LogP) is 0.117. The van der Waals surface area contributed by atoms with E-state index < -0.39 is 0 Å². The Hall–Kier alpha value is -1.54. The van der Waals surface area contributed by atoms with Gasteiger partial charge in [0, 0.05) is 26.1 Å². The minimum Gasteiger partial charge on any atom is -0.344 e. The van der Waals surface area contributed by atoms with Crippen molar-refractivity contribution < 1.29 is 9.59 Å². The molecule has 1 rings (SSSR count). The van der Waals surface area contributed by atoms with Gasteiger partial charge in [-0.05, 0) is 26.2 Å². The van der Waals surface area contributed by atoms with Gasteiger partial charge >= 0.3 is 0 Å². The monoisotopic (exact) mass is 265 g/mol. The molecular formula is C14H23N3O2. The van der Waals surface area contributed by atoms with E-state index in [1.54, 1.807) is 6.92 Å². The molecule has 0 aromatic rings. The van der Waals surface area contributed by atoms with Gasteiger partial charge in [-0.2, -0.15) is 0 Å². The average molecular weight is 265 g/mol. The van der Waals surface area contributed by atoms with Crippen LogP contribution in [0.2, 0.25) is 0 Å². The molecule has 106 valence electrons. The van der Waals surface area contributed by atoms with Crippen molar-refractivity contribution in [2.24, 2.45) is 0 Å². The lowest BCUT2D eigenvalue weighted by atomic mass is 10.1. The van der Waals surface area contributed by atoms with E-state index >= 15 is 0 Å². The van der Waals surface area contributed by atoms with Crippen molar-refractivity contribution in [1.29, 1.82) is 0 Å². The first-order valence-electron chi connectivity index (χ1n) is 6.87. The molecule has 1 aliphatic heterocycles. The van der Waals surface area contributed by atoms with E-state index in [1.165, 1.54) is 6.42 Å². The standard InChI is InChI=1S/C14H23N3O2/c1-3-8-16-14(19)12(2)15-9-7-13(18)17-10-5-4-6-11-17/h1,12,15H,4-11H2,2H3,(H,16,19). The molecular weight excluding hydrogens is 242 g/mol. The Kier molecular flexibility index (Phi) is 6.98. The van der Waals surface area contributed by atoms with Gasteiger partial charge in [-0.1, -0.05) is 5.92 Å². The number of carbonyl (C=O) groups is 2. The van der Waals surface area contributed by atoms with Gasteiger partial charge in [0.05, 0.1) is 12.6 Å². The van der Waals surface area contributed by atoms with Gasteiger partial charge in [-0.3, -0.25) is 9.59 Å². The maximum atomic E-state index is 11.9. The normalized spacial score (nSPS) is 16.5. The van der Waals surface area contributed by atoms with Crippen molar-refractivity contribution in [2.45, 2.75) is 38.6 Å². The third-order valence-corrected chi connectivity index (χ3v) is 3.26. The Morgan fingerprint density at radius 1 is 1.32 bits per heavy atom. The minimum atomic E-state index is -0.331. The average Bonchev–Trinajstić information content (AvgIpc) is 2.45. The van der Waals surface area contributed by atoms with Crippen molar-refractivity contribution in [3.63, 3.8) is 0 Å². The minimum absolute atomic E-state index is 0.136. The molecule has 0 aromatic heterocycles. The molecule has 0 aromatic carbocycles. The van der Waals surface area contributed by atoms with Crippen molar-refractivity contribution >= 4 is 11.8 Å².